The Balaban J connectivity index is 1.58. The monoisotopic (exact) mass is 480 g/mol. The number of amides is 1. The van der Waals surface area contributed by atoms with E-state index in [1.807, 2.05) is 13.0 Å². The molecule has 174 valence electrons. The van der Waals surface area contributed by atoms with Crippen molar-refractivity contribution in [3.05, 3.63) is 93.8 Å². The molecular weight excluding hydrogens is 458 g/mol. The van der Waals surface area contributed by atoms with Gasteiger partial charge in [-0.3, -0.25) is 9.48 Å². The first-order valence-electron chi connectivity index (χ1n) is 11.3. The lowest BCUT2D eigenvalue weighted by Gasteiger charge is -2.29. The molecule has 0 N–H and O–H groups in total. The highest BCUT2D eigenvalue weighted by molar-refractivity contribution is 6.33. The van der Waals surface area contributed by atoms with E-state index in [0.717, 1.165) is 41.7 Å². The van der Waals surface area contributed by atoms with Crippen LogP contribution in [0, 0.1) is 17.6 Å². The summed E-state index contributed by atoms with van der Waals surface area (Å²) in [5.74, 6) is -1.08. The minimum atomic E-state index is -0.400. The first-order chi connectivity index (χ1) is 16.4. The van der Waals surface area contributed by atoms with E-state index in [4.69, 9.17) is 16.7 Å². The van der Waals surface area contributed by atoms with Crippen molar-refractivity contribution in [1.29, 1.82) is 0 Å². The summed E-state index contributed by atoms with van der Waals surface area (Å²) in [6.45, 7) is 2.49. The van der Waals surface area contributed by atoms with Crippen molar-refractivity contribution < 1.29 is 13.6 Å². The molecule has 5 rings (SSSR count). The molecule has 0 spiro atoms. The number of hydrogen-bond donors (Lipinski definition) is 0. The van der Waals surface area contributed by atoms with Crippen LogP contribution >= 0.6 is 11.6 Å². The van der Waals surface area contributed by atoms with E-state index < -0.39 is 11.9 Å². The van der Waals surface area contributed by atoms with Crippen molar-refractivity contribution in [3.63, 3.8) is 0 Å². The molecule has 1 aromatic heterocycles. The van der Waals surface area contributed by atoms with Gasteiger partial charge in [0.2, 0.25) is 0 Å². The Morgan fingerprint density at radius 1 is 1.12 bits per heavy atom. The van der Waals surface area contributed by atoms with Crippen LogP contribution in [0.15, 0.2) is 65.4 Å². The number of hydrogen-bond acceptors (Lipinski definition) is 3. The quantitative estimate of drug-likeness (QED) is 0.441. The SMILES string of the molecule is CCn1cc(Cl)c(C(=O)N2N=C3/C(=C/c4ccc(F)cc4)CCC[C@@H]3[C@H]2c2ccc(F)cc2)n1. The van der Waals surface area contributed by atoms with Gasteiger partial charge in [-0.15, -0.1) is 0 Å². The average Bonchev–Trinajstić information content (AvgIpc) is 3.42. The summed E-state index contributed by atoms with van der Waals surface area (Å²) in [7, 11) is 0. The van der Waals surface area contributed by atoms with Gasteiger partial charge in [-0.2, -0.15) is 10.2 Å². The van der Waals surface area contributed by atoms with Crippen LogP contribution in [0.1, 0.15) is 53.8 Å². The molecule has 34 heavy (non-hydrogen) atoms. The molecular formula is C26H23ClF2N4O. The van der Waals surface area contributed by atoms with Gasteiger partial charge in [0, 0.05) is 18.7 Å². The van der Waals surface area contributed by atoms with Crippen LogP contribution in [0.25, 0.3) is 6.08 Å². The maximum absolute atomic E-state index is 13.7. The second kappa shape index (κ2) is 9.14. The Kier molecular flexibility index (Phi) is 6.04. The lowest BCUT2D eigenvalue weighted by atomic mass is 9.77. The molecule has 2 heterocycles. The number of aryl methyl sites for hydroxylation is 1. The topological polar surface area (TPSA) is 50.5 Å². The first-order valence-corrected chi connectivity index (χ1v) is 11.7. The lowest BCUT2D eigenvalue weighted by Crippen LogP contribution is -2.32. The van der Waals surface area contributed by atoms with E-state index in [2.05, 4.69) is 5.10 Å². The van der Waals surface area contributed by atoms with Gasteiger partial charge in [-0.05, 0) is 73.2 Å². The number of halogens is 3. The van der Waals surface area contributed by atoms with Gasteiger partial charge >= 0.3 is 0 Å². The van der Waals surface area contributed by atoms with Crippen molar-refractivity contribution in [3.8, 4) is 0 Å². The van der Waals surface area contributed by atoms with Crippen LogP contribution in [-0.4, -0.2) is 26.4 Å². The first kappa shape index (κ1) is 22.5. The molecule has 0 unspecified atom stereocenters. The summed E-state index contributed by atoms with van der Waals surface area (Å²) in [4.78, 5) is 13.6. The van der Waals surface area contributed by atoms with Crippen LogP contribution in [0.3, 0.4) is 0 Å². The van der Waals surface area contributed by atoms with Crippen molar-refractivity contribution in [2.75, 3.05) is 0 Å². The third kappa shape index (κ3) is 4.16. The zero-order chi connectivity index (χ0) is 23.8. The number of fused-ring (bicyclic) bond motifs is 1. The van der Waals surface area contributed by atoms with Crippen LogP contribution in [-0.2, 0) is 6.54 Å². The third-order valence-electron chi connectivity index (χ3n) is 6.38. The highest BCUT2D eigenvalue weighted by Gasteiger charge is 2.44. The molecule has 1 saturated carbocycles. The van der Waals surface area contributed by atoms with E-state index in [-0.39, 0.29) is 28.3 Å². The van der Waals surface area contributed by atoms with Gasteiger partial charge in [0.25, 0.3) is 5.91 Å². The molecule has 5 nitrogen and oxygen atoms in total. The molecule has 0 saturated heterocycles. The predicted molar refractivity (Wildman–Crippen MR) is 127 cm³/mol. The van der Waals surface area contributed by atoms with Gasteiger partial charge in [0.1, 0.15) is 11.6 Å². The largest absolute Gasteiger partial charge is 0.296 e. The van der Waals surface area contributed by atoms with Crippen LogP contribution in [0.5, 0.6) is 0 Å². The van der Waals surface area contributed by atoms with E-state index in [9.17, 15) is 13.6 Å². The van der Waals surface area contributed by atoms with Crippen LogP contribution in [0.4, 0.5) is 8.78 Å². The smallest absolute Gasteiger partial charge is 0.271 e. The van der Waals surface area contributed by atoms with Gasteiger partial charge in [0.05, 0.1) is 16.8 Å². The predicted octanol–water partition coefficient (Wildman–Crippen LogP) is 6.27. The van der Waals surface area contributed by atoms with E-state index in [1.54, 1.807) is 35.1 Å². The van der Waals surface area contributed by atoms with Gasteiger partial charge in [0.15, 0.2) is 5.69 Å². The molecule has 2 aromatic carbocycles. The Labute approximate surface area is 201 Å². The minimum absolute atomic E-state index is 0.0538. The molecule has 2 atom stereocenters. The van der Waals surface area contributed by atoms with Crippen molar-refractivity contribution in [2.24, 2.45) is 11.0 Å². The summed E-state index contributed by atoms with van der Waals surface area (Å²) in [6, 6.07) is 12.1. The molecule has 1 amide bonds. The molecule has 0 bridgehead atoms. The lowest BCUT2D eigenvalue weighted by molar-refractivity contribution is 0.0674. The Morgan fingerprint density at radius 3 is 2.44 bits per heavy atom. The fourth-order valence-electron chi connectivity index (χ4n) is 4.73. The molecule has 8 heteroatoms. The number of rotatable bonds is 4. The number of carbonyl (C=O) groups is 1. The zero-order valence-corrected chi connectivity index (χ0v) is 19.3. The van der Waals surface area contributed by atoms with E-state index in [0.29, 0.717) is 6.54 Å². The maximum Gasteiger partial charge on any atom is 0.296 e. The third-order valence-corrected chi connectivity index (χ3v) is 6.65. The zero-order valence-electron chi connectivity index (χ0n) is 18.6. The second-order valence-electron chi connectivity index (χ2n) is 8.53. The van der Waals surface area contributed by atoms with Crippen molar-refractivity contribution in [1.82, 2.24) is 14.8 Å². The number of hydrazone groups is 1. The normalized spacial score (nSPS) is 21.0. The second-order valence-corrected chi connectivity index (χ2v) is 8.94. The van der Waals surface area contributed by atoms with Crippen LogP contribution in [0.2, 0.25) is 5.02 Å². The molecule has 1 aliphatic heterocycles. The van der Waals surface area contributed by atoms with Crippen molar-refractivity contribution in [2.45, 2.75) is 38.8 Å². The molecule has 0 radical (unpaired) electrons. The standard InChI is InChI=1S/C26H23ClF2N4O/c1-2-32-15-22(27)24(30-32)26(34)33-25(17-8-12-20(29)13-9-17)21-5-3-4-18(23(21)31-33)14-16-6-10-19(28)11-7-16/h6-15,21,25H,2-5H2,1H3/b18-14+/t21-,25+/m0/s1. The highest BCUT2D eigenvalue weighted by atomic mass is 35.5. The number of aromatic nitrogens is 2. The van der Waals surface area contributed by atoms with Crippen LogP contribution < -0.4 is 0 Å². The summed E-state index contributed by atoms with van der Waals surface area (Å²) in [5, 5.41) is 10.9. The fourth-order valence-corrected chi connectivity index (χ4v) is 4.97. The van der Waals surface area contributed by atoms with Gasteiger partial charge < -0.3 is 0 Å². The molecule has 3 aromatic rings. The summed E-state index contributed by atoms with van der Waals surface area (Å²) < 4.78 is 28.7. The Morgan fingerprint density at radius 2 is 1.79 bits per heavy atom. The molecule has 1 aliphatic carbocycles. The Bertz CT molecular complexity index is 1280. The fraction of sp³-hybridized carbons (Fsp3) is 0.269. The average molecular weight is 481 g/mol. The Hall–Kier alpha value is -3.32. The van der Waals surface area contributed by atoms with E-state index >= 15 is 0 Å². The highest BCUT2D eigenvalue weighted by Crippen LogP contribution is 2.45. The number of benzene rings is 2. The number of carbonyl (C=O) groups excluding carboxylic acids is 1. The number of allylic oxidation sites excluding steroid dienone is 1. The minimum Gasteiger partial charge on any atom is -0.271 e. The summed E-state index contributed by atoms with van der Waals surface area (Å²) in [6.07, 6.45) is 6.18. The number of nitrogens with zero attached hydrogens (tertiary/aromatic N) is 4. The van der Waals surface area contributed by atoms with E-state index in [1.165, 1.54) is 29.3 Å². The maximum atomic E-state index is 13.7. The van der Waals surface area contributed by atoms with Gasteiger partial charge in [-0.25, -0.2) is 13.8 Å². The molecule has 2 aliphatic rings. The van der Waals surface area contributed by atoms with Crippen molar-refractivity contribution >= 4 is 29.3 Å². The summed E-state index contributed by atoms with van der Waals surface area (Å²) in [5.41, 5.74) is 3.64. The summed E-state index contributed by atoms with van der Waals surface area (Å²) >= 11 is 6.34. The van der Waals surface area contributed by atoms with Gasteiger partial charge in [-0.1, -0.05) is 35.9 Å². The molecule has 1 fully saturated rings.